The molecule has 3 aromatic rings. The van der Waals surface area contributed by atoms with Gasteiger partial charge in [0.2, 0.25) is 0 Å². The molecule has 0 bridgehead atoms. The van der Waals surface area contributed by atoms with E-state index in [1.54, 1.807) is 24.3 Å². The molecule has 3 N–H and O–H groups in total. The molecule has 5 heteroatoms. The minimum Gasteiger partial charge on any atom is -0.387 e. The van der Waals surface area contributed by atoms with E-state index in [9.17, 15) is 9.90 Å². The van der Waals surface area contributed by atoms with E-state index in [4.69, 9.17) is 11.6 Å². The van der Waals surface area contributed by atoms with Crippen molar-refractivity contribution in [3.05, 3.63) is 77.3 Å². The average Bonchev–Trinajstić information content (AvgIpc) is 2.61. The van der Waals surface area contributed by atoms with Crippen LogP contribution in [0.3, 0.4) is 0 Å². The lowest BCUT2D eigenvalue weighted by Gasteiger charge is -2.14. The zero-order chi connectivity index (χ0) is 16.9. The van der Waals surface area contributed by atoms with Crippen LogP contribution in [0.1, 0.15) is 11.7 Å². The molecule has 122 valence electrons. The number of urea groups is 1. The first kappa shape index (κ1) is 16.3. The number of carbonyl (C=O) groups is 1. The van der Waals surface area contributed by atoms with E-state index in [0.717, 1.165) is 16.5 Å². The molecule has 0 aliphatic carbocycles. The smallest absolute Gasteiger partial charge is 0.319 e. The Morgan fingerprint density at radius 1 is 1.00 bits per heavy atom. The van der Waals surface area contributed by atoms with E-state index in [0.29, 0.717) is 10.6 Å². The molecule has 0 radical (unpaired) electrons. The monoisotopic (exact) mass is 340 g/mol. The van der Waals surface area contributed by atoms with Crippen LogP contribution >= 0.6 is 11.6 Å². The van der Waals surface area contributed by atoms with Gasteiger partial charge in [-0.1, -0.05) is 60.1 Å². The molecular weight excluding hydrogens is 324 g/mol. The van der Waals surface area contributed by atoms with Gasteiger partial charge in [-0.15, -0.1) is 0 Å². The maximum absolute atomic E-state index is 12.1. The zero-order valence-electron chi connectivity index (χ0n) is 12.9. The van der Waals surface area contributed by atoms with Gasteiger partial charge in [-0.2, -0.15) is 0 Å². The van der Waals surface area contributed by atoms with Gasteiger partial charge in [0.1, 0.15) is 0 Å². The van der Waals surface area contributed by atoms with Crippen molar-refractivity contribution in [3.8, 4) is 0 Å². The summed E-state index contributed by atoms with van der Waals surface area (Å²) in [5.41, 5.74) is 1.43. The maximum atomic E-state index is 12.1. The Balaban J connectivity index is 1.62. The standard InChI is InChI=1S/C19H17ClN2O2/c20-15-10-8-14(9-11-15)18(23)12-21-19(24)22-17-7-3-5-13-4-1-2-6-16(13)17/h1-11,18,23H,12H2,(H2,21,22,24)/t18-/m1/s1. The van der Waals surface area contributed by atoms with Gasteiger partial charge in [0, 0.05) is 17.0 Å². The molecule has 0 saturated heterocycles. The second-order valence-corrected chi connectivity index (χ2v) is 5.87. The molecule has 0 aliphatic heterocycles. The minimum atomic E-state index is -0.791. The number of hydrogen-bond donors (Lipinski definition) is 3. The van der Waals surface area contributed by atoms with Gasteiger partial charge < -0.3 is 15.7 Å². The highest BCUT2D eigenvalue weighted by Gasteiger charge is 2.10. The Kier molecular flexibility index (Phi) is 4.99. The quantitative estimate of drug-likeness (QED) is 0.661. The molecule has 0 unspecified atom stereocenters. The van der Waals surface area contributed by atoms with Crippen molar-refractivity contribution in [1.82, 2.24) is 5.32 Å². The Labute approximate surface area is 145 Å². The summed E-state index contributed by atoms with van der Waals surface area (Å²) >= 11 is 5.82. The predicted octanol–water partition coefficient (Wildman–Crippen LogP) is 4.35. The first-order valence-electron chi connectivity index (χ1n) is 7.59. The summed E-state index contributed by atoms with van der Waals surface area (Å²) in [6, 6.07) is 20.1. The van der Waals surface area contributed by atoms with Gasteiger partial charge in [-0.3, -0.25) is 0 Å². The molecule has 24 heavy (non-hydrogen) atoms. The van der Waals surface area contributed by atoms with E-state index < -0.39 is 6.10 Å². The number of fused-ring (bicyclic) bond motifs is 1. The van der Waals surface area contributed by atoms with Crippen LogP contribution in [-0.4, -0.2) is 17.7 Å². The van der Waals surface area contributed by atoms with Crippen LogP contribution in [0.4, 0.5) is 10.5 Å². The SMILES string of the molecule is O=C(NC[C@@H](O)c1ccc(Cl)cc1)Nc1cccc2ccccc12. The molecule has 0 saturated carbocycles. The van der Waals surface area contributed by atoms with Crippen molar-refractivity contribution in [1.29, 1.82) is 0 Å². The normalized spacial score (nSPS) is 11.9. The van der Waals surface area contributed by atoms with Crippen LogP contribution in [0.15, 0.2) is 66.7 Å². The lowest BCUT2D eigenvalue weighted by atomic mass is 10.1. The second kappa shape index (κ2) is 7.34. The minimum absolute atomic E-state index is 0.109. The van der Waals surface area contributed by atoms with Crippen LogP contribution in [0.25, 0.3) is 10.8 Å². The third-order valence-electron chi connectivity index (χ3n) is 3.75. The molecule has 3 rings (SSSR count). The third-order valence-corrected chi connectivity index (χ3v) is 4.00. The fourth-order valence-corrected chi connectivity index (χ4v) is 2.62. The Morgan fingerprint density at radius 3 is 2.50 bits per heavy atom. The van der Waals surface area contributed by atoms with Gasteiger partial charge in [-0.25, -0.2) is 4.79 Å². The number of rotatable bonds is 4. The van der Waals surface area contributed by atoms with Crippen LogP contribution < -0.4 is 10.6 Å². The maximum Gasteiger partial charge on any atom is 0.319 e. The molecule has 4 nitrogen and oxygen atoms in total. The molecule has 0 spiro atoms. The lowest BCUT2D eigenvalue weighted by Crippen LogP contribution is -2.32. The highest BCUT2D eigenvalue weighted by atomic mass is 35.5. The van der Waals surface area contributed by atoms with E-state index >= 15 is 0 Å². The summed E-state index contributed by atoms with van der Waals surface area (Å²) in [6.45, 7) is 0.109. The second-order valence-electron chi connectivity index (χ2n) is 5.43. The predicted molar refractivity (Wildman–Crippen MR) is 97.4 cm³/mol. The van der Waals surface area contributed by atoms with E-state index in [1.807, 2.05) is 42.5 Å². The summed E-state index contributed by atoms with van der Waals surface area (Å²) in [5, 5.41) is 18.2. The first-order chi connectivity index (χ1) is 11.6. The lowest BCUT2D eigenvalue weighted by molar-refractivity contribution is 0.175. The summed E-state index contributed by atoms with van der Waals surface area (Å²) in [4.78, 5) is 12.1. The number of aliphatic hydroxyl groups is 1. The average molecular weight is 341 g/mol. The van der Waals surface area contributed by atoms with Crippen LogP contribution in [0, 0.1) is 0 Å². The molecule has 0 aromatic heterocycles. The topological polar surface area (TPSA) is 61.4 Å². The molecule has 0 fully saturated rings. The highest BCUT2D eigenvalue weighted by molar-refractivity contribution is 6.30. The summed E-state index contributed by atoms with van der Waals surface area (Å²) in [5.74, 6) is 0. The molecule has 0 heterocycles. The van der Waals surface area contributed by atoms with Gasteiger partial charge >= 0.3 is 6.03 Å². The zero-order valence-corrected chi connectivity index (χ0v) is 13.6. The van der Waals surface area contributed by atoms with Crippen molar-refractivity contribution < 1.29 is 9.90 Å². The summed E-state index contributed by atoms with van der Waals surface area (Å²) in [6.07, 6.45) is -0.791. The fraction of sp³-hybridized carbons (Fsp3) is 0.105. The Morgan fingerprint density at radius 2 is 1.71 bits per heavy atom. The van der Waals surface area contributed by atoms with Crippen molar-refractivity contribution in [2.45, 2.75) is 6.10 Å². The summed E-state index contributed by atoms with van der Waals surface area (Å²) < 4.78 is 0. The number of aliphatic hydroxyl groups excluding tert-OH is 1. The van der Waals surface area contributed by atoms with Gasteiger partial charge in [0.05, 0.1) is 11.8 Å². The highest BCUT2D eigenvalue weighted by Crippen LogP contribution is 2.22. The van der Waals surface area contributed by atoms with E-state index in [2.05, 4.69) is 10.6 Å². The van der Waals surface area contributed by atoms with Gasteiger partial charge in [0.15, 0.2) is 0 Å². The van der Waals surface area contributed by atoms with Crippen LogP contribution in [-0.2, 0) is 0 Å². The van der Waals surface area contributed by atoms with Crippen molar-refractivity contribution in [2.75, 3.05) is 11.9 Å². The Bertz CT molecular complexity index is 844. The first-order valence-corrected chi connectivity index (χ1v) is 7.97. The molecule has 0 aliphatic rings. The number of amides is 2. The number of hydrogen-bond acceptors (Lipinski definition) is 2. The van der Waals surface area contributed by atoms with Crippen LogP contribution in [0.2, 0.25) is 5.02 Å². The van der Waals surface area contributed by atoms with E-state index in [-0.39, 0.29) is 12.6 Å². The third kappa shape index (κ3) is 3.85. The Hall–Kier alpha value is -2.56. The van der Waals surface area contributed by atoms with Crippen LogP contribution in [0.5, 0.6) is 0 Å². The molecule has 3 aromatic carbocycles. The largest absolute Gasteiger partial charge is 0.387 e. The van der Waals surface area contributed by atoms with Crippen molar-refractivity contribution in [2.24, 2.45) is 0 Å². The molecular formula is C19H17ClN2O2. The van der Waals surface area contributed by atoms with Gasteiger partial charge in [0.25, 0.3) is 0 Å². The fourth-order valence-electron chi connectivity index (χ4n) is 2.49. The molecule has 2 amide bonds. The number of benzene rings is 3. The summed E-state index contributed by atoms with van der Waals surface area (Å²) in [7, 11) is 0. The number of carbonyl (C=O) groups excluding carboxylic acids is 1. The number of halogens is 1. The van der Waals surface area contributed by atoms with Crippen molar-refractivity contribution >= 4 is 34.1 Å². The number of nitrogens with one attached hydrogen (secondary N) is 2. The van der Waals surface area contributed by atoms with Crippen molar-refractivity contribution in [3.63, 3.8) is 0 Å². The number of anilines is 1. The molecule has 1 atom stereocenters. The van der Waals surface area contributed by atoms with E-state index in [1.165, 1.54) is 0 Å². The van der Waals surface area contributed by atoms with Gasteiger partial charge in [-0.05, 0) is 29.1 Å².